The van der Waals surface area contributed by atoms with Crippen LogP contribution < -0.4 is 10.6 Å². The largest absolute Gasteiger partial charge is 0.411 e. The third kappa shape index (κ3) is 6.48. The van der Waals surface area contributed by atoms with Crippen molar-refractivity contribution in [3.63, 3.8) is 0 Å². The Labute approximate surface area is 246 Å². The number of epoxide rings is 1. The van der Waals surface area contributed by atoms with E-state index in [1.165, 1.54) is 0 Å². The Morgan fingerprint density at radius 2 is 1.15 bits per heavy atom. The fourth-order valence-electron chi connectivity index (χ4n) is 5.47. The molecule has 0 amide bonds. The van der Waals surface area contributed by atoms with E-state index < -0.39 is 23.8 Å². The normalized spacial score (nSPS) is 26.2. The second-order valence-corrected chi connectivity index (χ2v) is 27.7. The first kappa shape index (κ1) is 31.9. The Balaban J connectivity index is 1.64. The fraction of sp³-hybridized carbons (Fsp3) is 0.636. The fourth-order valence-corrected chi connectivity index (χ4v) is 11.0. The van der Waals surface area contributed by atoms with Crippen LogP contribution in [0.1, 0.15) is 60.8 Å². The summed E-state index contributed by atoms with van der Waals surface area (Å²) < 4.78 is 35.5. The first-order valence-corrected chi connectivity index (χ1v) is 22.8. The lowest BCUT2D eigenvalue weighted by atomic mass is 9.77. The van der Waals surface area contributed by atoms with E-state index in [1.807, 2.05) is 60.7 Å². The topological polar surface area (TPSA) is 48.1 Å². The van der Waals surface area contributed by atoms with Crippen molar-refractivity contribution in [1.82, 2.24) is 0 Å². The predicted octanol–water partition coefficient (Wildman–Crippen LogP) is 8.35. The van der Waals surface area contributed by atoms with Gasteiger partial charge in [0.1, 0.15) is 12.7 Å². The number of benzene rings is 2. The van der Waals surface area contributed by atoms with Gasteiger partial charge in [0.25, 0.3) is 0 Å². The Morgan fingerprint density at radius 3 is 1.48 bits per heavy atom. The molecule has 1 saturated carbocycles. The van der Waals surface area contributed by atoms with Gasteiger partial charge in [-0.3, -0.25) is 0 Å². The Bertz CT molecular complexity index is 1100. The molecule has 4 rings (SSSR count). The van der Waals surface area contributed by atoms with Crippen molar-refractivity contribution in [3.8, 4) is 0 Å². The summed E-state index contributed by atoms with van der Waals surface area (Å²) in [7, 11) is -6.86. The summed E-state index contributed by atoms with van der Waals surface area (Å²) in [6.45, 7) is 23.9. The molecule has 4 atom stereocenters. The van der Waals surface area contributed by atoms with Crippen molar-refractivity contribution in [1.29, 1.82) is 0 Å². The molecule has 7 heteroatoms. The summed E-state index contributed by atoms with van der Waals surface area (Å²) in [4.78, 5) is 0. The van der Waals surface area contributed by atoms with Crippen LogP contribution in [-0.4, -0.2) is 47.2 Å². The SMILES string of the molecule is CC(C)(C)[Si](C)(C)O[C@H]1CC(CCP(=O)(c2ccccc2)c2ccccc2)C[C@@H](O[Si](C)(C)C(C)(C)C)C12CO2. The lowest BCUT2D eigenvalue weighted by Crippen LogP contribution is -2.58. The maximum absolute atomic E-state index is 14.8. The molecule has 4 nitrogen and oxygen atoms in total. The molecule has 2 aliphatic rings. The molecule has 222 valence electrons. The summed E-state index contributed by atoms with van der Waals surface area (Å²) in [5, 5.41) is 2.12. The van der Waals surface area contributed by atoms with Gasteiger partial charge >= 0.3 is 0 Å². The smallest absolute Gasteiger partial charge is 0.192 e. The average molecular weight is 601 g/mol. The standard InChI is InChI=1S/C33H53O4PSi2/c1-31(2,3)39(7,8)36-29-23-26(24-30(33(29)25-35-33)37-40(9,10)32(4,5)6)21-22-38(34,27-17-13-11-14-18-27)28-19-15-12-16-20-28/h11-20,26,29-30H,21-25H2,1-10H3/t26?,29-,30+,33?. The molecule has 0 radical (unpaired) electrons. The lowest BCUT2D eigenvalue weighted by molar-refractivity contribution is -0.0524. The molecule has 1 spiro atoms. The second-order valence-electron chi connectivity index (χ2n) is 15.2. The van der Waals surface area contributed by atoms with E-state index >= 15 is 0 Å². The minimum atomic E-state index is -2.78. The summed E-state index contributed by atoms with van der Waals surface area (Å²) in [6, 6.07) is 20.2. The molecule has 0 bridgehead atoms. The summed E-state index contributed by atoms with van der Waals surface area (Å²) in [5.41, 5.74) is -0.343. The van der Waals surface area contributed by atoms with Gasteiger partial charge in [-0.15, -0.1) is 0 Å². The first-order chi connectivity index (χ1) is 18.4. The van der Waals surface area contributed by atoms with Crippen molar-refractivity contribution >= 4 is 34.4 Å². The Kier molecular flexibility index (Phi) is 8.97. The van der Waals surface area contributed by atoms with Crippen molar-refractivity contribution in [2.24, 2.45) is 5.92 Å². The molecule has 40 heavy (non-hydrogen) atoms. The molecular weight excluding hydrogens is 548 g/mol. The van der Waals surface area contributed by atoms with Crippen molar-refractivity contribution in [2.75, 3.05) is 12.8 Å². The van der Waals surface area contributed by atoms with E-state index in [2.05, 4.69) is 67.7 Å². The second kappa shape index (κ2) is 11.2. The van der Waals surface area contributed by atoms with E-state index in [4.69, 9.17) is 13.6 Å². The van der Waals surface area contributed by atoms with Crippen LogP contribution in [0.3, 0.4) is 0 Å². The van der Waals surface area contributed by atoms with Crippen LogP contribution in [0.5, 0.6) is 0 Å². The molecule has 1 heterocycles. The zero-order valence-electron chi connectivity index (χ0n) is 26.6. The highest BCUT2D eigenvalue weighted by atomic mass is 31.2. The average Bonchev–Trinajstić information content (AvgIpc) is 3.66. The molecule has 0 N–H and O–H groups in total. The van der Waals surface area contributed by atoms with Crippen LogP contribution in [0.25, 0.3) is 0 Å². The van der Waals surface area contributed by atoms with Gasteiger partial charge in [0.2, 0.25) is 0 Å². The molecule has 1 aliphatic carbocycles. The van der Waals surface area contributed by atoms with Crippen molar-refractivity contribution < 1.29 is 18.2 Å². The van der Waals surface area contributed by atoms with Gasteiger partial charge in [0.05, 0.1) is 18.8 Å². The van der Waals surface area contributed by atoms with E-state index in [0.29, 0.717) is 18.7 Å². The van der Waals surface area contributed by atoms with Gasteiger partial charge in [-0.2, -0.15) is 0 Å². The van der Waals surface area contributed by atoms with Crippen molar-refractivity contribution in [2.45, 2.75) is 115 Å². The Hall–Kier alpha value is -1.02. The summed E-state index contributed by atoms with van der Waals surface area (Å²) in [5.74, 6) is 0.361. The number of hydrogen-bond acceptors (Lipinski definition) is 4. The van der Waals surface area contributed by atoms with Gasteiger partial charge in [0.15, 0.2) is 16.6 Å². The highest BCUT2D eigenvalue weighted by Gasteiger charge is 2.64. The van der Waals surface area contributed by atoms with Crippen LogP contribution in [0.4, 0.5) is 0 Å². The number of hydrogen-bond donors (Lipinski definition) is 0. The predicted molar refractivity (Wildman–Crippen MR) is 175 cm³/mol. The molecule has 0 aromatic heterocycles. The third-order valence-corrected chi connectivity index (χ3v) is 22.5. The van der Waals surface area contributed by atoms with E-state index in [9.17, 15) is 4.57 Å². The maximum Gasteiger partial charge on any atom is 0.192 e. The quantitative estimate of drug-likeness (QED) is 0.165. The van der Waals surface area contributed by atoms with Crippen LogP contribution >= 0.6 is 7.14 Å². The van der Waals surface area contributed by atoms with Gasteiger partial charge in [0, 0.05) is 16.8 Å². The third-order valence-electron chi connectivity index (χ3n) is 10.3. The molecule has 1 saturated heterocycles. The van der Waals surface area contributed by atoms with Gasteiger partial charge in [-0.1, -0.05) is 102 Å². The molecule has 2 unspecified atom stereocenters. The lowest BCUT2D eigenvalue weighted by Gasteiger charge is -2.49. The van der Waals surface area contributed by atoms with E-state index in [0.717, 1.165) is 29.9 Å². The minimum absolute atomic E-state index is 0.00902. The minimum Gasteiger partial charge on any atom is -0.411 e. The maximum atomic E-state index is 14.8. The summed E-state index contributed by atoms with van der Waals surface area (Å²) in [6.07, 6.45) is 3.43. The molecule has 2 fully saturated rings. The van der Waals surface area contributed by atoms with Crippen LogP contribution in [-0.2, 0) is 18.2 Å². The summed E-state index contributed by atoms with van der Waals surface area (Å²) >= 11 is 0. The highest BCUT2D eigenvalue weighted by Crippen LogP contribution is 2.54. The molecule has 2 aromatic carbocycles. The monoisotopic (exact) mass is 600 g/mol. The molecule has 2 aromatic rings. The van der Waals surface area contributed by atoms with Crippen LogP contribution in [0.15, 0.2) is 60.7 Å². The zero-order chi connectivity index (χ0) is 29.6. The highest BCUT2D eigenvalue weighted by molar-refractivity contribution is 7.78. The number of ether oxygens (including phenoxy) is 1. The Morgan fingerprint density at radius 1 is 0.775 bits per heavy atom. The van der Waals surface area contributed by atoms with E-state index in [1.54, 1.807) is 0 Å². The molecule has 1 aliphatic heterocycles. The van der Waals surface area contributed by atoms with Crippen LogP contribution in [0, 0.1) is 5.92 Å². The molecular formula is C33H53O4PSi2. The van der Waals surface area contributed by atoms with Gasteiger partial charge in [-0.25, -0.2) is 0 Å². The van der Waals surface area contributed by atoms with Gasteiger partial charge in [-0.05, 0) is 61.4 Å². The number of rotatable bonds is 9. The van der Waals surface area contributed by atoms with Gasteiger partial charge < -0.3 is 18.2 Å². The van der Waals surface area contributed by atoms with E-state index in [-0.39, 0.29) is 27.9 Å². The zero-order valence-corrected chi connectivity index (χ0v) is 29.5. The van der Waals surface area contributed by atoms with Crippen LogP contribution in [0.2, 0.25) is 36.3 Å². The van der Waals surface area contributed by atoms with Crippen molar-refractivity contribution in [3.05, 3.63) is 60.7 Å². The first-order valence-electron chi connectivity index (χ1n) is 15.1.